The number of hydrogen-bond acceptors (Lipinski definition) is 4. The Bertz CT molecular complexity index is 958. The number of piperidine rings is 1. The quantitative estimate of drug-likeness (QED) is 0.669. The minimum atomic E-state index is -4.81. The van der Waals surface area contributed by atoms with Gasteiger partial charge in [0.15, 0.2) is 0 Å². The average molecular weight is 457 g/mol. The summed E-state index contributed by atoms with van der Waals surface area (Å²) in [6.45, 7) is 6.35. The van der Waals surface area contributed by atoms with E-state index in [1.165, 1.54) is 6.07 Å². The molecule has 1 fully saturated rings. The molecule has 1 amide bonds. The first kappa shape index (κ1) is 24.0. The second-order valence-corrected chi connectivity index (χ2v) is 8.84. The van der Waals surface area contributed by atoms with Crippen molar-refractivity contribution in [1.29, 1.82) is 0 Å². The molecule has 10 heteroatoms. The van der Waals surface area contributed by atoms with Gasteiger partial charge in [0.1, 0.15) is 17.2 Å². The van der Waals surface area contributed by atoms with E-state index >= 15 is 0 Å². The molecule has 6 nitrogen and oxygen atoms in total. The Kier molecular flexibility index (Phi) is 6.83. The lowest BCUT2D eigenvalue weighted by molar-refractivity contribution is -0.139. The number of aliphatic hydroxyl groups excluding tert-OH is 1. The molecular formula is C22H27F4N3O3. The predicted molar refractivity (Wildman–Crippen MR) is 109 cm³/mol. The van der Waals surface area contributed by atoms with Gasteiger partial charge in [-0.25, -0.2) is 14.2 Å². The molecule has 0 saturated carbocycles. The van der Waals surface area contributed by atoms with Crippen LogP contribution in [0.15, 0.2) is 24.4 Å². The smallest absolute Gasteiger partial charge is 0.419 e. The number of likely N-dealkylation sites (tertiary alicyclic amines) is 1. The first-order valence-corrected chi connectivity index (χ1v) is 10.4. The lowest BCUT2D eigenvalue weighted by Crippen LogP contribution is -2.41. The number of halogens is 4. The van der Waals surface area contributed by atoms with Crippen LogP contribution < -0.4 is 0 Å². The molecule has 0 radical (unpaired) electrons. The number of carbonyl (C=O) groups excluding carboxylic acids is 1. The minimum absolute atomic E-state index is 0.0449. The first-order chi connectivity index (χ1) is 14.9. The normalized spacial score (nSPS) is 15.8. The van der Waals surface area contributed by atoms with E-state index in [1.54, 1.807) is 36.4 Å². The zero-order valence-corrected chi connectivity index (χ0v) is 18.2. The van der Waals surface area contributed by atoms with Crippen LogP contribution in [0.3, 0.4) is 0 Å². The Balaban J connectivity index is 1.82. The molecule has 0 unspecified atom stereocenters. The van der Waals surface area contributed by atoms with Gasteiger partial charge in [-0.3, -0.25) is 0 Å². The van der Waals surface area contributed by atoms with Gasteiger partial charge < -0.3 is 19.3 Å². The molecule has 0 atom stereocenters. The van der Waals surface area contributed by atoms with Crippen LogP contribution in [0.5, 0.6) is 0 Å². The van der Waals surface area contributed by atoms with Gasteiger partial charge in [-0.2, -0.15) is 13.2 Å². The molecule has 1 N–H and O–H groups in total. The van der Waals surface area contributed by atoms with Crippen molar-refractivity contribution in [2.75, 3.05) is 19.7 Å². The van der Waals surface area contributed by atoms with Crippen LogP contribution in [0, 0.1) is 5.82 Å². The third-order valence-corrected chi connectivity index (χ3v) is 5.23. The van der Waals surface area contributed by atoms with Gasteiger partial charge >= 0.3 is 12.3 Å². The maximum Gasteiger partial charge on any atom is 0.419 e. The summed E-state index contributed by atoms with van der Waals surface area (Å²) in [6, 6.07) is 2.78. The van der Waals surface area contributed by atoms with Crippen molar-refractivity contribution in [3.8, 4) is 11.3 Å². The van der Waals surface area contributed by atoms with E-state index in [-0.39, 0.29) is 36.4 Å². The van der Waals surface area contributed by atoms with Crippen molar-refractivity contribution in [3.05, 3.63) is 41.6 Å². The van der Waals surface area contributed by atoms with Crippen LogP contribution in [0.25, 0.3) is 11.3 Å². The van der Waals surface area contributed by atoms with Gasteiger partial charge in [0.25, 0.3) is 0 Å². The topological polar surface area (TPSA) is 67.6 Å². The molecule has 1 aromatic carbocycles. The number of carbonyl (C=O) groups is 1. The molecule has 0 bridgehead atoms. The van der Waals surface area contributed by atoms with Crippen molar-refractivity contribution in [2.24, 2.45) is 0 Å². The molecule has 32 heavy (non-hydrogen) atoms. The second kappa shape index (κ2) is 9.09. The van der Waals surface area contributed by atoms with Crippen molar-refractivity contribution >= 4 is 6.09 Å². The van der Waals surface area contributed by atoms with E-state index in [1.807, 2.05) is 0 Å². The Morgan fingerprint density at radius 3 is 2.44 bits per heavy atom. The molecule has 3 rings (SSSR count). The van der Waals surface area contributed by atoms with Crippen LogP contribution in [0.2, 0.25) is 0 Å². The Morgan fingerprint density at radius 2 is 1.88 bits per heavy atom. The van der Waals surface area contributed by atoms with Crippen molar-refractivity contribution < 1.29 is 32.2 Å². The molecule has 1 aliphatic rings. The highest BCUT2D eigenvalue weighted by atomic mass is 19.4. The number of imidazole rings is 1. The molecule has 1 aromatic heterocycles. The highest BCUT2D eigenvalue weighted by Gasteiger charge is 2.35. The van der Waals surface area contributed by atoms with E-state index < -0.39 is 23.2 Å². The number of amides is 1. The van der Waals surface area contributed by atoms with Gasteiger partial charge in [-0.05, 0) is 51.8 Å². The van der Waals surface area contributed by atoms with Gasteiger partial charge in [-0.1, -0.05) is 0 Å². The second-order valence-electron chi connectivity index (χ2n) is 8.84. The summed E-state index contributed by atoms with van der Waals surface area (Å²) in [6.07, 6.45) is -2.44. The van der Waals surface area contributed by atoms with Crippen LogP contribution in [0.4, 0.5) is 22.4 Å². The Hall–Kier alpha value is -2.62. The molecule has 176 valence electrons. The van der Waals surface area contributed by atoms with E-state index in [0.717, 1.165) is 12.1 Å². The largest absolute Gasteiger partial charge is 0.444 e. The Morgan fingerprint density at radius 1 is 1.22 bits per heavy atom. The van der Waals surface area contributed by atoms with Gasteiger partial charge in [0, 0.05) is 37.3 Å². The van der Waals surface area contributed by atoms with Gasteiger partial charge in [0.2, 0.25) is 0 Å². The van der Waals surface area contributed by atoms with E-state index in [9.17, 15) is 27.5 Å². The molecule has 2 heterocycles. The van der Waals surface area contributed by atoms with E-state index in [0.29, 0.717) is 31.8 Å². The first-order valence-electron chi connectivity index (χ1n) is 10.4. The molecule has 0 aliphatic carbocycles. The predicted octanol–water partition coefficient (Wildman–Crippen LogP) is 4.81. The monoisotopic (exact) mass is 457 g/mol. The van der Waals surface area contributed by atoms with Gasteiger partial charge in [-0.15, -0.1) is 0 Å². The summed E-state index contributed by atoms with van der Waals surface area (Å²) in [5, 5.41) is 9.42. The zero-order valence-electron chi connectivity index (χ0n) is 18.2. The van der Waals surface area contributed by atoms with Crippen LogP contribution >= 0.6 is 0 Å². The zero-order chi connectivity index (χ0) is 23.7. The van der Waals surface area contributed by atoms with Crippen molar-refractivity contribution in [1.82, 2.24) is 14.5 Å². The molecule has 1 aliphatic heterocycles. The number of nitrogens with zero attached hydrogens (tertiary/aromatic N) is 3. The number of aliphatic hydroxyl groups is 1. The maximum atomic E-state index is 13.7. The fourth-order valence-corrected chi connectivity index (χ4v) is 3.73. The van der Waals surface area contributed by atoms with Crippen molar-refractivity contribution in [2.45, 2.75) is 57.9 Å². The summed E-state index contributed by atoms with van der Waals surface area (Å²) < 4.78 is 60.1. The third kappa shape index (κ3) is 5.59. The number of aromatic nitrogens is 2. The average Bonchev–Trinajstić information content (AvgIpc) is 3.10. The lowest BCUT2D eigenvalue weighted by Gasteiger charge is -2.33. The van der Waals surface area contributed by atoms with E-state index in [2.05, 4.69) is 4.98 Å². The standard InChI is InChI=1S/C22H27F4N3O3/c1-21(2,3)32-20(31)28-8-6-14(7-9-28)19-27-18(13-29(19)10-11-30)15-4-5-17(23)16(12-15)22(24,25)26/h4-5,12-14,30H,6-11H2,1-3H3. The molecule has 1 saturated heterocycles. The van der Waals surface area contributed by atoms with Crippen LogP contribution in [0.1, 0.15) is 50.9 Å². The Labute approximate surface area is 183 Å². The van der Waals surface area contributed by atoms with Crippen molar-refractivity contribution in [3.63, 3.8) is 0 Å². The van der Waals surface area contributed by atoms with Crippen LogP contribution in [-0.4, -0.2) is 50.9 Å². The summed E-state index contributed by atoms with van der Waals surface area (Å²) in [5.41, 5.74) is -1.53. The number of alkyl halides is 3. The molecule has 2 aromatic rings. The van der Waals surface area contributed by atoms with E-state index in [4.69, 9.17) is 4.74 Å². The fourth-order valence-electron chi connectivity index (χ4n) is 3.73. The number of rotatable bonds is 4. The SMILES string of the molecule is CC(C)(C)OC(=O)N1CCC(c2nc(-c3ccc(F)c(C(F)(F)F)c3)cn2CCO)CC1. The number of hydrogen-bond donors (Lipinski definition) is 1. The summed E-state index contributed by atoms with van der Waals surface area (Å²) in [7, 11) is 0. The number of benzene rings is 1. The highest BCUT2D eigenvalue weighted by molar-refractivity contribution is 5.68. The third-order valence-electron chi connectivity index (χ3n) is 5.23. The molecule has 0 spiro atoms. The fraction of sp³-hybridized carbons (Fsp3) is 0.545. The summed E-state index contributed by atoms with van der Waals surface area (Å²) in [4.78, 5) is 18.4. The summed E-state index contributed by atoms with van der Waals surface area (Å²) in [5.74, 6) is -0.766. The number of ether oxygens (including phenoxy) is 1. The summed E-state index contributed by atoms with van der Waals surface area (Å²) >= 11 is 0. The van der Waals surface area contributed by atoms with Gasteiger partial charge in [0.05, 0.1) is 17.9 Å². The molecular weight excluding hydrogens is 430 g/mol. The minimum Gasteiger partial charge on any atom is -0.444 e. The lowest BCUT2D eigenvalue weighted by atomic mass is 9.96. The highest BCUT2D eigenvalue weighted by Crippen LogP contribution is 2.35. The van der Waals surface area contributed by atoms with Crippen LogP contribution in [-0.2, 0) is 17.5 Å². The maximum absolute atomic E-state index is 13.7.